The van der Waals surface area contributed by atoms with Gasteiger partial charge in [-0.15, -0.1) is 0 Å². The third-order valence-electron chi connectivity index (χ3n) is 4.04. The molecule has 1 unspecified atom stereocenters. The van der Waals surface area contributed by atoms with Gasteiger partial charge in [-0.3, -0.25) is 4.98 Å². The van der Waals surface area contributed by atoms with Crippen LogP contribution < -0.4 is 10.6 Å². The number of anilines is 2. The van der Waals surface area contributed by atoms with E-state index in [0.717, 1.165) is 36.7 Å². The molecule has 1 atom stereocenters. The lowest BCUT2D eigenvalue weighted by atomic mass is 10.1. The average Bonchev–Trinajstić information content (AvgIpc) is 3.05. The van der Waals surface area contributed by atoms with Crippen LogP contribution in [-0.2, 0) is 6.54 Å². The highest BCUT2D eigenvalue weighted by Crippen LogP contribution is 2.39. The highest BCUT2D eigenvalue weighted by Gasteiger charge is 2.30. The summed E-state index contributed by atoms with van der Waals surface area (Å²) in [6.07, 6.45) is 6.09. The van der Waals surface area contributed by atoms with E-state index in [0.29, 0.717) is 6.04 Å². The van der Waals surface area contributed by atoms with Gasteiger partial charge < -0.3 is 10.6 Å². The fourth-order valence-corrected chi connectivity index (χ4v) is 3.05. The van der Waals surface area contributed by atoms with Gasteiger partial charge in [-0.2, -0.15) is 5.10 Å². The summed E-state index contributed by atoms with van der Waals surface area (Å²) in [4.78, 5) is 6.63. The number of nitrogens with zero attached hydrogens (tertiary/aromatic N) is 4. The zero-order valence-electron chi connectivity index (χ0n) is 12.1. The van der Waals surface area contributed by atoms with E-state index in [9.17, 15) is 0 Å². The molecule has 0 saturated carbocycles. The van der Waals surface area contributed by atoms with Crippen LogP contribution in [0.3, 0.4) is 0 Å². The largest absolute Gasteiger partial charge is 0.394 e. The molecule has 20 heavy (non-hydrogen) atoms. The summed E-state index contributed by atoms with van der Waals surface area (Å²) >= 11 is 0. The molecule has 0 radical (unpaired) electrons. The lowest BCUT2D eigenvalue weighted by Gasteiger charge is -2.27. The maximum Gasteiger partial charge on any atom is 0.151 e. The second-order valence-corrected chi connectivity index (χ2v) is 5.28. The monoisotopic (exact) mass is 271 g/mol. The average molecular weight is 271 g/mol. The van der Waals surface area contributed by atoms with Gasteiger partial charge in [0.1, 0.15) is 0 Å². The van der Waals surface area contributed by atoms with Gasteiger partial charge in [0.05, 0.1) is 17.4 Å². The Bertz CT molecular complexity index is 590. The topological polar surface area (TPSA) is 60.0 Å². The highest BCUT2D eigenvalue weighted by molar-refractivity contribution is 5.67. The third-order valence-corrected chi connectivity index (χ3v) is 4.04. The third kappa shape index (κ3) is 2.03. The molecule has 0 bridgehead atoms. The van der Waals surface area contributed by atoms with Gasteiger partial charge in [0.25, 0.3) is 0 Å². The fourth-order valence-electron chi connectivity index (χ4n) is 3.05. The Labute approximate surface area is 119 Å². The lowest BCUT2D eigenvalue weighted by molar-refractivity contribution is 0.617. The predicted molar refractivity (Wildman–Crippen MR) is 80.6 cm³/mol. The van der Waals surface area contributed by atoms with E-state index in [4.69, 9.17) is 5.73 Å². The van der Waals surface area contributed by atoms with Gasteiger partial charge in [-0.1, -0.05) is 6.07 Å². The van der Waals surface area contributed by atoms with Crippen LogP contribution in [0.1, 0.15) is 37.1 Å². The zero-order chi connectivity index (χ0) is 14.1. The van der Waals surface area contributed by atoms with E-state index in [1.807, 2.05) is 30.1 Å². The minimum absolute atomic E-state index is 0.354. The second kappa shape index (κ2) is 5.15. The number of rotatable bonds is 3. The smallest absolute Gasteiger partial charge is 0.151 e. The summed E-state index contributed by atoms with van der Waals surface area (Å²) in [6.45, 7) is 5.93. The van der Waals surface area contributed by atoms with Crippen LogP contribution in [-0.4, -0.2) is 21.3 Å². The molecule has 1 aliphatic heterocycles. The van der Waals surface area contributed by atoms with Crippen molar-refractivity contribution in [3.05, 3.63) is 35.8 Å². The van der Waals surface area contributed by atoms with Crippen LogP contribution in [0.25, 0.3) is 0 Å². The molecule has 2 N–H and O–H groups in total. The first-order valence-corrected chi connectivity index (χ1v) is 7.21. The van der Waals surface area contributed by atoms with E-state index in [1.54, 1.807) is 0 Å². The van der Waals surface area contributed by atoms with Crippen LogP contribution in [0.4, 0.5) is 11.5 Å². The molecular weight excluding hydrogens is 250 g/mol. The van der Waals surface area contributed by atoms with Crippen molar-refractivity contribution in [1.82, 2.24) is 14.8 Å². The van der Waals surface area contributed by atoms with Crippen molar-refractivity contribution in [2.24, 2.45) is 0 Å². The molecule has 0 spiro atoms. The van der Waals surface area contributed by atoms with Gasteiger partial charge in [-0.05, 0) is 38.3 Å². The molecule has 5 heteroatoms. The van der Waals surface area contributed by atoms with E-state index in [2.05, 4.69) is 28.0 Å². The van der Waals surface area contributed by atoms with Crippen LogP contribution in [0.5, 0.6) is 0 Å². The molecular formula is C15H21N5. The highest BCUT2D eigenvalue weighted by atomic mass is 15.4. The Hall–Kier alpha value is -2.04. The van der Waals surface area contributed by atoms with E-state index in [-0.39, 0.29) is 0 Å². The number of nitrogens with two attached hydrogens (primary N) is 1. The molecule has 5 nitrogen and oxygen atoms in total. The molecule has 1 aliphatic rings. The first-order chi connectivity index (χ1) is 9.72. The number of nitrogen functional groups attached to an aromatic ring is 1. The van der Waals surface area contributed by atoms with Crippen molar-refractivity contribution in [2.45, 2.75) is 39.3 Å². The number of hydrogen-bond acceptors (Lipinski definition) is 4. The first kappa shape index (κ1) is 13.0. The van der Waals surface area contributed by atoms with Crippen LogP contribution in [0.15, 0.2) is 24.5 Å². The first-order valence-electron chi connectivity index (χ1n) is 7.21. The molecule has 1 fully saturated rings. The standard InChI is InChI=1S/C15H21N5/c1-3-20-15(14(16)11(2)18-20)19-9-5-7-13(19)12-6-4-8-17-10-12/h4,6,8,10,13H,3,5,7,9,16H2,1-2H3. The molecule has 3 heterocycles. The number of pyridine rings is 1. The van der Waals surface area contributed by atoms with Crippen LogP contribution in [0, 0.1) is 6.92 Å². The summed E-state index contributed by atoms with van der Waals surface area (Å²) in [5, 5.41) is 4.54. The van der Waals surface area contributed by atoms with Crippen molar-refractivity contribution >= 4 is 11.5 Å². The normalized spacial score (nSPS) is 18.7. The zero-order valence-corrected chi connectivity index (χ0v) is 12.1. The maximum absolute atomic E-state index is 6.26. The van der Waals surface area contributed by atoms with Crippen LogP contribution >= 0.6 is 0 Å². The molecule has 0 aliphatic carbocycles. The minimum atomic E-state index is 0.354. The summed E-state index contributed by atoms with van der Waals surface area (Å²) < 4.78 is 2.01. The molecule has 2 aromatic rings. The van der Waals surface area contributed by atoms with Gasteiger partial charge >= 0.3 is 0 Å². The predicted octanol–water partition coefficient (Wildman–Crippen LogP) is 2.53. The van der Waals surface area contributed by atoms with Gasteiger partial charge in [0, 0.05) is 25.5 Å². The quantitative estimate of drug-likeness (QED) is 0.932. The maximum atomic E-state index is 6.26. The number of hydrogen-bond donors (Lipinski definition) is 1. The van der Waals surface area contributed by atoms with Crippen molar-refractivity contribution in [3.63, 3.8) is 0 Å². The Morgan fingerprint density at radius 1 is 1.45 bits per heavy atom. The SMILES string of the molecule is CCn1nc(C)c(N)c1N1CCCC1c1cccnc1. The van der Waals surface area contributed by atoms with E-state index >= 15 is 0 Å². The fraction of sp³-hybridized carbons (Fsp3) is 0.467. The summed E-state index contributed by atoms with van der Waals surface area (Å²) in [7, 11) is 0. The van der Waals surface area contributed by atoms with E-state index < -0.39 is 0 Å². The Balaban J connectivity index is 2.01. The lowest BCUT2D eigenvalue weighted by Crippen LogP contribution is -2.26. The Morgan fingerprint density at radius 2 is 2.30 bits per heavy atom. The number of aromatic nitrogens is 3. The molecule has 1 saturated heterocycles. The molecule has 106 valence electrons. The van der Waals surface area contributed by atoms with Crippen molar-refractivity contribution in [1.29, 1.82) is 0 Å². The van der Waals surface area contributed by atoms with Crippen LogP contribution in [0.2, 0.25) is 0 Å². The Kier molecular flexibility index (Phi) is 3.34. The minimum Gasteiger partial charge on any atom is -0.394 e. The molecule has 0 amide bonds. The molecule has 2 aromatic heterocycles. The van der Waals surface area contributed by atoms with Gasteiger partial charge in [0.15, 0.2) is 5.82 Å². The van der Waals surface area contributed by atoms with Gasteiger partial charge in [0.2, 0.25) is 0 Å². The van der Waals surface area contributed by atoms with Crippen molar-refractivity contribution < 1.29 is 0 Å². The van der Waals surface area contributed by atoms with Crippen molar-refractivity contribution in [3.8, 4) is 0 Å². The Morgan fingerprint density at radius 3 is 3.00 bits per heavy atom. The summed E-state index contributed by atoms with van der Waals surface area (Å²) in [6, 6.07) is 4.50. The van der Waals surface area contributed by atoms with E-state index in [1.165, 1.54) is 12.0 Å². The van der Waals surface area contributed by atoms with Crippen molar-refractivity contribution in [2.75, 3.05) is 17.2 Å². The summed E-state index contributed by atoms with van der Waals surface area (Å²) in [5.41, 5.74) is 9.24. The number of aryl methyl sites for hydroxylation is 2. The van der Waals surface area contributed by atoms with Gasteiger partial charge in [-0.25, -0.2) is 4.68 Å². The molecule has 3 rings (SSSR count). The second-order valence-electron chi connectivity index (χ2n) is 5.28. The summed E-state index contributed by atoms with van der Waals surface area (Å²) in [5.74, 6) is 1.07. The molecule has 0 aromatic carbocycles.